The zero-order chi connectivity index (χ0) is 35.9. The van der Waals surface area contributed by atoms with E-state index in [0.717, 1.165) is 69.8 Å². The number of amides is 1. The molecule has 13 heteroatoms. The Morgan fingerprint density at radius 3 is 1.68 bits per heavy atom. The molecule has 2 aromatic carbocycles. The van der Waals surface area contributed by atoms with Crippen LogP contribution in [0, 0.1) is 0 Å². The van der Waals surface area contributed by atoms with Gasteiger partial charge < -0.3 is 14.4 Å². The van der Waals surface area contributed by atoms with Gasteiger partial charge >= 0.3 is 24.3 Å². The van der Waals surface area contributed by atoms with E-state index in [-0.39, 0.29) is 57.2 Å². The molecule has 3 fully saturated rings. The van der Waals surface area contributed by atoms with Crippen LogP contribution in [0.1, 0.15) is 104 Å². The molecule has 2 saturated carbocycles. The Balaban J connectivity index is 1.40. The number of piperidine rings is 1. The molecule has 0 bridgehead atoms. The molecular formula is C37H44F6N2O5. The number of nitrogens with zero attached hydrogens (tertiary/aromatic N) is 2. The average Bonchev–Trinajstić information content (AvgIpc) is 3.08. The minimum atomic E-state index is -5.11. The van der Waals surface area contributed by atoms with Crippen LogP contribution in [-0.4, -0.2) is 71.6 Å². The normalized spacial score (nSPS) is 21.2. The molecule has 2 aliphatic carbocycles. The number of alkyl halides is 6. The monoisotopic (exact) mass is 710 g/mol. The Hall–Kier alpha value is -3.61. The van der Waals surface area contributed by atoms with E-state index in [0.29, 0.717) is 12.1 Å². The third-order valence-electron chi connectivity index (χ3n) is 9.98. The molecule has 3 aliphatic rings. The van der Waals surface area contributed by atoms with Gasteiger partial charge in [-0.05, 0) is 94.4 Å². The van der Waals surface area contributed by atoms with Gasteiger partial charge in [0.2, 0.25) is 0 Å². The molecule has 50 heavy (non-hydrogen) atoms. The van der Waals surface area contributed by atoms with Crippen LogP contribution in [-0.2, 0) is 37.8 Å². The fourth-order valence-corrected chi connectivity index (χ4v) is 7.41. The zero-order valence-electron chi connectivity index (χ0n) is 27.9. The van der Waals surface area contributed by atoms with Crippen molar-refractivity contribution in [1.29, 1.82) is 0 Å². The summed E-state index contributed by atoms with van der Waals surface area (Å²) in [4.78, 5) is 43.3. The molecule has 1 aliphatic heterocycles. The second-order valence-corrected chi connectivity index (χ2v) is 13.7. The van der Waals surface area contributed by atoms with Crippen LogP contribution in [0.25, 0.3) is 0 Å². The first-order valence-electron chi connectivity index (χ1n) is 17.5. The Morgan fingerprint density at radius 1 is 0.700 bits per heavy atom. The van der Waals surface area contributed by atoms with E-state index in [4.69, 9.17) is 9.47 Å². The highest BCUT2D eigenvalue weighted by molar-refractivity contribution is 5.95. The van der Waals surface area contributed by atoms with Crippen molar-refractivity contribution in [1.82, 2.24) is 9.80 Å². The maximum atomic E-state index is 13.9. The van der Waals surface area contributed by atoms with Crippen LogP contribution in [0.3, 0.4) is 0 Å². The molecule has 5 rings (SSSR count). The van der Waals surface area contributed by atoms with Crippen molar-refractivity contribution in [3.05, 3.63) is 70.8 Å². The summed E-state index contributed by atoms with van der Waals surface area (Å²) < 4.78 is 93.6. The van der Waals surface area contributed by atoms with Gasteiger partial charge in [0, 0.05) is 24.2 Å². The van der Waals surface area contributed by atoms with Gasteiger partial charge in [-0.3, -0.25) is 19.3 Å². The minimum absolute atomic E-state index is 0.00114. The Morgan fingerprint density at radius 2 is 1.20 bits per heavy atom. The van der Waals surface area contributed by atoms with Crippen LogP contribution >= 0.6 is 0 Å². The summed E-state index contributed by atoms with van der Waals surface area (Å²) >= 11 is 0. The highest BCUT2D eigenvalue weighted by Crippen LogP contribution is 2.37. The Labute approximate surface area is 288 Å². The maximum Gasteiger partial charge on any atom is 0.416 e. The van der Waals surface area contributed by atoms with Crippen molar-refractivity contribution in [2.45, 2.75) is 120 Å². The van der Waals surface area contributed by atoms with Gasteiger partial charge in [-0.15, -0.1) is 0 Å². The van der Waals surface area contributed by atoms with Gasteiger partial charge in [-0.2, -0.15) is 26.3 Å². The van der Waals surface area contributed by atoms with Gasteiger partial charge in [0.1, 0.15) is 12.2 Å². The lowest BCUT2D eigenvalue weighted by Gasteiger charge is -2.43. The van der Waals surface area contributed by atoms with Crippen molar-refractivity contribution >= 4 is 17.8 Å². The fourth-order valence-electron chi connectivity index (χ4n) is 7.41. The van der Waals surface area contributed by atoms with E-state index in [2.05, 4.69) is 0 Å². The molecule has 2 atom stereocenters. The smallest absolute Gasteiger partial charge is 0.416 e. The van der Waals surface area contributed by atoms with E-state index in [1.165, 1.54) is 4.90 Å². The highest BCUT2D eigenvalue weighted by atomic mass is 19.4. The molecular weight excluding hydrogens is 666 g/mol. The third kappa shape index (κ3) is 10.5. The van der Waals surface area contributed by atoms with Crippen LogP contribution in [0.2, 0.25) is 0 Å². The van der Waals surface area contributed by atoms with Crippen molar-refractivity contribution in [3.8, 4) is 0 Å². The molecule has 1 heterocycles. The summed E-state index contributed by atoms with van der Waals surface area (Å²) in [5.41, 5.74) is -3.04. The first-order valence-corrected chi connectivity index (χ1v) is 17.5. The summed E-state index contributed by atoms with van der Waals surface area (Å²) in [5, 5.41) is 0. The van der Waals surface area contributed by atoms with Gasteiger partial charge in [0.05, 0.1) is 24.2 Å². The number of carbonyl (C=O) groups excluding carboxylic acids is 3. The number of benzene rings is 2. The summed E-state index contributed by atoms with van der Waals surface area (Å²) in [6, 6.07) is 8.83. The van der Waals surface area contributed by atoms with Gasteiger partial charge in [-0.1, -0.05) is 43.2 Å². The second kappa shape index (κ2) is 16.6. The van der Waals surface area contributed by atoms with Gasteiger partial charge in [-0.25, -0.2) is 0 Å². The topological polar surface area (TPSA) is 76.2 Å². The number of halogens is 6. The molecule has 0 unspecified atom stereocenters. The third-order valence-corrected chi connectivity index (χ3v) is 9.98. The SMILES string of the molecule is O=C(CN(CC(=O)OC1CCCCC1)[C@H]1CCN(C(=O)c2cc(C(F)(F)F)cc(C(F)(F)F)c2)[C@H](Cc2ccccc2)C1)OC1CCCCC1. The lowest BCUT2D eigenvalue weighted by atomic mass is 9.90. The predicted molar refractivity (Wildman–Crippen MR) is 172 cm³/mol. The molecule has 274 valence electrons. The van der Waals surface area contributed by atoms with Crippen LogP contribution in [0.4, 0.5) is 26.3 Å². The van der Waals surface area contributed by atoms with Gasteiger partial charge in [0.15, 0.2) is 0 Å². The fraction of sp³-hybridized carbons (Fsp3) is 0.595. The number of hydrogen-bond acceptors (Lipinski definition) is 6. The van der Waals surface area contributed by atoms with E-state index in [1.54, 1.807) is 23.1 Å². The summed E-state index contributed by atoms with van der Waals surface area (Å²) in [7, 11) is 0. The largest absolute Gasteiger partial charge is 0.461 e. The molecule has 0 N–H and O–H groups in total. The number of esters is 2. The molecule has 1 saturated heterocycles. The van der Waals surface area contributed by atoms with E-state index >= 15 is 0 Å². The average molecular weight is 711 g/mol. The van der Waals surface area contributed by atoms with Crippen molar-refractivity contribution in [2.24, 2.45) is 0 Å². The first-order chi connectivity index (χ1) is 23.8. The van der Waals surface area contributed by atoms with Gasteiger partial charge in [0.25, 0.3) is 5.91 Å². The Kier molecular flexibility index (Phi) is 12.5. The molecule has 7 nitrogen and oxygen atoms in total. The molecule has 1 amide bonds. The number of carbonyl (C=O) groups is 3. The van der Waals surface area contributed by atoms with E-state index < -0.39 is 59.0 Å². The summed E-state index contributed by atoms with van der Waals surface area (Å²) in [6.45, 7) is -0.421. The Bertz CT molecular complexity index is 1390. The van der Waals surface area contributed by atoms with E-state index in [1.807, 2.05) is 12.1 Å². The van der Waals surface area contributed by atoms with E-state index in [9.17, 15) is 40.7 Å². The quantitative estimate of drug-likeness (QED) is 0.184. The second-order valence-electron chi connectivity index (χ2n) is 13.7. The minimum Gasteiger partial charge on any atom is -0.461 e. The highest BCUT2D eigenvalue weighted by Gasteiger charge is 2.40. The summed E-state index contributed by atoms with van der Waals surface area (Å²) in [6.07, 6.45) is -0.900. The lowest BCUT2D eigenvalue weighted by Crippen LogP contribution is -2.54. The standard InChI is InChI=1S/C37H44F6N2O5/c38-36(39,40)27-19-26(20-28(21-27)37(41,42)43)35(48)45-17-16-29(22-30(45)18-25-10-4-1-5-11-25)44(23-33(46)49-31-12-6-2-7-13-31)24-34(47)50-32-14-8-3-9-15-32/h1,4-5,10-11,19-21,29-32H,2-3,6-9,12-18,22-24H2/t29-,30+/m0/s1. The lowest BCUT2D eigenvalue weighted by molar-refractivity contribution is -0.157. The number of ether oxygens (including phenoxy) is 2. The molecule has 2 aromatic rings. The molecule has 0 aromatic heterocycles. The number of rotatable bonds is 10. The summed E-state index contributed by atoms with van der Waals surface area (Å²) in [5.74, 6) is -1.92. The molecule has 0 spiro atoms. The van der Waals surface area contributed by atoms with Crippen molar-refractivity contribution < 1.29 is 50.2 Å². The van der Waals surface area contributed by atoms with Crippen LogP contribution in [0.5, 0.6) is 0 Å². The predicted octanol–water partition coefficient (Wildman–Crippen LogP) is 7.99. The van der Waals surface area contributed by atoms with Crippen LogP contribution in [0.15, 0.2) is 48.5 Å². The molecule has 0 radical (unpaired) electrons. The first kappa shape index (κ1) is 37.6. The van der Waals surface area contributed by atoms with Crippen molar-refractivity contribution in [2.75, 3.05) is 19.6 Å². The van der Waals surface area contributed by atoms with Crippen molar-refractivity contribution in [3.63, 3.8) is 0 Å². The maximum absolute atomic E-state index is 13.9. The zero-order valence-corrected chi connectivity index (χ0v) is 27.9. The number of likely N-dealkylation sites (tertiary alicyclic amines) is 1. The number of hydrogen-bond donors (Lipinski definition) is 0. The van der Waals surface area contributed by atoms with Crippen LogP contribution < -0.4 is 0 Å².